The summed E-state index contributed by atoms with van der Waals surface area (Å²) in [6.45, 7) is 4.78. The van der Waals surface area contributed by atoms with Gasteiger partial charge in [-0.15, -0.1) is 11.5 Å². The number of nitrogens with two attached hydrogens (primary N) is 2. The molecule has 6 N–H and O–H groups in total. The van der Waals surface area contributed by atoms with Crippen LogP contribution in [0.5, 0.6) is 0 Å². The monoisotopic (exact) mass is 402 g/mol. The molecule has 3 rings (SSSR count). The minimum absolute atomic E-state index is 0.0429. The van der Waals surface area contributed by atoms with Crippen LogP contribution in [-0.4, -0.2) is 24.9 Å². The lowest BCUT2D eigenvalue weighted by Crippen LogP contribution is -2.25. The number of nitrogens with one attached hydrogen (secondary N) is 2. The second-order valence-corrected chi connectivity index (χ2v) is 6.94. The molecule has 2 heterocycles. The number of fused-ring (bicyclic) bond motifs is 1. The zero-order valence-electron chi connectivity index (χ0n) is 17.1. The molecule has 0 fully saturated rings. The number of benzene rings is 1. The summed E-state index contributed by atoms with van der Waals surface area (Å²) in [4.78, 5) is 4.35. The van der Waals surface area contributed by atoms with E-state index in [0.717, 1.165) is 28.9 Å². The van der Waals surface area contributed by atoms with Crippen molar-refractivity contribution < 1.29 is 4.74 Å². The van der Waals surface area contributed by atoms with Crippen LogP contribution in [0.2, 0.25) is 0 Å². The van der Waals surface area contributed by atoms with Gasteiger partial charge in [-0.05, 0) is 30.2 Å². The number of anilines is 1. The minimum Gasteiger partial charge on any atom is -0.446 e. The molecule has 0 bridgehead atoms. The molecular weight excluding hydrogens is 376 g/mol. The van der Waals surface area contributed by atoms with Crippen molar-refractivity contribution in [2.75, 3.05) is 11.9 Å². The Hall–Kier alpha value is -3.92. The third-order valence-corrected chi connectivity index (χ3v) is 4.75. The molecule has 2 atom stereocenters. The summed E-state index contributed by atoms with van der Waals surface area (Å²) in [5.41, 5.74) is 19.5. The van der Waals surface area contributed by atoms with E-state index >= 15 is 0 Å². The number of aliphatic imine (C=N–C) groups is 1. The summed E-state index contributed by atoms with van der Waals surface area (Å²) in [6.07, 6.45) is 15.9. The summed E-state index contributed by atoms with van der Waals surface area (Å²) in [7, 11) is 0. The summed E-state index contributed by atoms with van der Waals surface area (Å²) in [5, 5.41) is 7.48. The van der Waals surface area contributed by atoms with Crippen molar-refractivity contribution in [1.82, 2.24) is 5.43 Å². The highest BCUT2D eigenvalue weighted by atomic mass is 16.5. The molecule has 154 valence electrons. The van der Waals surface area contributed by atoms with Gasteiger partial charge in [-0.1, -0.05) is 49.3 Å². The van der Waals surface area contributed by atoms with Gasteiger partial charge in [0.1, 0.15) is 5.70 Å². The van der Waals surface area contributed by atoms with Gasteiger partial charge in [-0.2, -0.15) is 0 Å². The first kappa shape index (κ1) is 20.8. The second kappa shape index (κ2) is 9.52. The molecule has 7 heteroatoms. The van der Waals surface area contributed by atoms with Crippen LogP contribution in [-0.2, 0) is 4.74 Å². The molecule has 1 aromatic carbocycles. The lowest BCUT2D eigenvalue weighted by atomic mass is 9.94. The first-order valence-electron chi connectivity index (χ1n) is 9.63. The van der Waals surface area contributed by atoms with Crippen LogP contribution < -0.4 is 22.2 Å². The molecule has 0 aliphatic carbocycles. The predicted octanol–water partition coefficient (Wildman–Crippen LogP) is 2.78. The Balaban J connectivity index is 1.69. The fraction of sp³-hybridized carbons (Fsp3) is 0.217. The van der Waals surface area contributed by atoms with E-state index in [1.54, 1.807) is 18.4 Å². The smallest absolute Gasteiger partial charge is 0.260 e. The van der Waals surface area contributed by atoms with E-state index in [1.165, 1.54) is 0 Å². The first-order valence-corrected chi connectivity index (χ1v) is 9.63. The van der Waals surface area contributed by atoms with Crippen molar-refractivity contribution in [1.29, 1.82) is 0 Å². The molecule has 30 heavy (non-hydrogen) atoms. The average molecular weight is 403 g/mol. The van der Waals surface area contributed by atoms with E-state index in [9.17, 15) is 0 Å². The van der Waals surface area contributed by atoms with E-state index in [1.807, 2.05) is 19.1 Å². The van der Waals surface area contributed by atoms with Gasteiger partial charge >= 0.3 is 0 Å². The third kappa shape index (κ3) is 4.73. The predicted molar refractivity (Wildman–Crippen MR) is 123 cm³/mol. The van der Waals surface area contributed by atoms with Crippen LogP contribution in [0.4, 0.5) is 5.69 Å². The SMILES string of the molecule is C#C/C=C\C=C(/C)C1NN=C(/C(N)=C(N)/N=C\C(C)c2cccc3c2C=CCN3)O1. The summed E-state index contributed by atoms with van der Waals surface area (Å²) >= 11 is 0. The molecule has 2 unspecified atom stereocenters. The standard InChI is InChI=1S/C23H26N6O/c1-4-5-6-9-15(2)22-28-29-23(30-22)20(24)21(25)27-14-16(3)17-10-7-12-19-18(17)11-8-13-26-19/h1,5-12,14,16,22,26,28H,13,24-25H2,2-3H3/b6-5-,15-9+,21-20-,27-14-. The van der Waals surface area contributed by atoms with Crippen LogP contribution in [0.3, 0.4) is 0 Å². The van der Waals surface area contributed by atoms with Crippen molar-refractivity contribution in [3.8, 4) is 12.3 Å². The molecule has 0 amide bonds. The largest absolute Gasteiger partial charge is 0.446 e. The number of rotatable bonds is 6. The first-order chi connectivity index (χ1) is 14.5. The maximum absolute atomic E-state index is 6.11. The van der Waals surface area contributed by atoms with E-state index in [4.69, 9.17) is 22.6 Å². The number of terminal acetylenes is 1. The van der Waals surface area contributed by atoms with E-state index in [-0.39, 0.29) is 23.3 Å². The van der Waals surface area contributed by atoms with Crippen LogP contribution in [0.1, 0.15) is 30.9 Å². The number of hydrazone groups is 1. The number of allylic oxidation sites excluding steroid dienone is 3. The van der Waals surface area contributed by atoms with Gasteiger partial charge in [0.15, 0.2) is 5.82 Å². The number of nitrogens with zero attached hydrogens (tertiary/aromatic N) is 2. The quantitative estimate of drug-likeness (QED) is 0.332. The molecule has 2 aliphatic heterocycles. The van der Waals surface area contributed by atoms with Gasteiger partial charge in [0.05, 0.1) is 0 Å². The lowest BCUT2D eigenvalue weighted by molar-refractivity contribution is 0.224. The lowest BCUT2D eigenvalue weighted by Gasteiger charge is -2.18. The topological polar surface area (TPSA) is 110 Å². The van der Waals surface area contributed by atoms with Crippen LogP contribution in [0.15, 0.2) is 69.7 Å². The summed E-state index contributed by atoms with van der Waals surface area (Å²) in [6, 6.07) is 6.18. The van der Waals surface area contributed by atoms with Gasteiger partial charge < -0.3 is 21.5 Å². The van der Waals surface area contributed by atoms with E-state index in [2.05, 4.69) is 58.0 Å². The van der Waals surface area contributed by atoms with E-state index < -0.39 is 6.23 Å². The van der Waals surface area contributed by atoms with Gasteiger partial charge in [-0.25, -0.2) is 4.99 Å². The van der Waals surface area contributed by atoms with Crippen molar-refractivity contribution in [2.24, 2.45) is 21.6 Å². The fourth-order valence-corrected chi connectivity index (χ4v) is 3.06. The molecular formula is C23H26N6O. The average Bonchev–Trinajstić information content (AvgIpc) is 3.26. The van der Waals surface area contributed by atoms with Crippen molar-refractivity contribution in [3.63, 3.8) is 0 Å². The normalized spacial score (nSPS) is 20.0. The van der Waals surface area contributed by atoms with Crippen LogP contribution in [0.25, 0.3) is 6.08 Å². The van der Waals surface area contributed by atoms with Crippen LogP contribution >= 0.6 is 0 Å². The molecule has 7 nitrogen and oxygen atoms in total. The second-order valence-electron chi connectivity index (χ2n) is 6.94. The molecule has 1 aromatic rings. The Kier molecular flexibility index (Phi) is 6.60. The number of hydrogen-bond acceptors (Lipinski definition) is 7. The van der Waals surface area contributed by atoms with Gasteiger partial charge in [-0.3, -0.25) is 5.43 Å². The number of ether oxygens (including phenoxy) is 1. The fourth-order valence-electron chi connectivity index (χ4n) is 3.06. The maximum atomic E-state index is 6.11. The third-order valence-electron chi connectivity index (χ3n) is 4.75. The molecule has 0 radical (unpaired) electrons. The van der Waals surface area contributed by atoms with Crippen LogP contribution in [0, 0.1) is 12.3 Å². The minimum atomic E-state index is -0.438. The Morgan fingerprint density at radius 2 is 2.27 bits per heavy atom. The van der Waals surface area contributed by atoms with Gasteiger partial charge in [0.2, 0.25) is 6.23 Å². The van der Waals surface area contributed by atoms with Crippen molar-refractivity contribution in [2.45, 2.75) is 26.0 Å². The Morgan fingerprint density at radius 1 is 1.43 bits per heavy atom. The molecule has 0 aromatic heterocycles. The molecule has 2 aliphatic rings. The Bertz CT molecular complexity index is 1020. The maximum Gasteiger partial charge on any atom is 0.260 e. The zero-order chi connectivity index (χ0) is 21.5. The molecule has 0 spiro atoms. The Labute approximate surface area is 177 Å². The molecule has 0 saturated heterocycles. The van der Waals surface area contributed by atoms with Gasteiger partial charge in [0, 0.05) is 29.9 Å². The zero-order valence-corrected chi connectivity index (χ0v) is 17.1. The summed E-state index contributed by atoms with van der Waals surface area (Å²) < 4.78 is 5.73. The highest BCUT2D eigenvalue weighted by Gasteiger charge is 2.23. The van der Waals surface area contributed by atoms with Gasteiger partial charge in [0.25, 0.3) is 5.90 Å². The number of hydrogen-bond donors (Lipinski definition) is 4. The highest BCUT2D eigenvalue weighted by Crippen LogP contribution is 2.29. The van der Waals surface area contributed by atoms with Crippen molar-refractivity contribution in [3.05, 3.63) is 70.7 Å². The van der Waals surface area contributed by atoms with E-state index in [0.29, 0.717) is 0 Å². The summed E-state index contributed by atoms with van der Waals surface area (Å²) in [5.74, 6) is 2.83. The Morgan fingerprint density at radius 3 is 3.07 bits per heavy atom. The highest BCUT2D eigenvalue weighted by molar-refractivity contribution is 5.94. The van der Waals surface area contributed by atoms with Crippen molar-refractivity contribution >= 4 is 23.9 Å². The molecule has 0 saturated carbocycles.